The quantitative estimate of drug-likeness (QED) is 0.568. The molecule has 150 valence electrons. The van der Waals surface area contributed by atoms with E-state index < -0.39 is 5.54 Å². The maximum atomic E-state index is 13.3. The molecule has 1 aliphatic heterocycles. The lowest BCUT2D eigenvalue weighted by molar-refractivity contribution is -0.120. The lowest BCUT2D eigenvalue weighted by Crippen LogP contribution is -2.44. The van der Waals surface area contributed by atoms with E-state index in [0.29, 0.717) is 22.3 Å². The minimum atomic E-state index is -0.981. The summed E-state index contributed by atoms with van der Waals surface area (Å²) >= 11 is 11.8. The molecule has 1 aromatic heterocycles. The smallest absolute Gasteiger partial charge is 0.259 e. The normalized spacial score (nSPS) is 15.7. The van der Waals surface area contributed by atoms with Gasteiger partial charge in [-0.2, -0.15) is 5.26 Å². The number of anilines is 2. The predicted octanol–water partition coefficient (Wildman–Crippen LogP) is 3.98. The fourth-order valence-electron chi connectivity index (χ4n) is 3.65. The first-order chi connectivity index (χ1) is 14.2. The van der Waals surface area contributed by atoms with Crippen molar-refractivity contribution in [3.05, 3.63) is 69.6 Å². The summed E-state index contributed by atoms with van der Waals surface area (Å²) in [6, 6.07) is 14.1. The Bertz CT molecular complexity index is 1340. The number of carbonyl (C=O) groups excluding carboxylic acids is 1. The van der Waals surface area contributed by atoms with Gasteiger partial charge in [-0.05, 0) is 67.8 Å². The van der Waals surface area contributed by atoms with Crippen LogP contribution in [-0.2, 0) is 11.8 Å². The van der Waals surface area contributed by atoms with Crippen LogP contribution in [0, 0.1) is 11.3 Å². The number of fused-ring (bicyclic) bond motifs is 1. The van der Waals surface area contributed by atoms with Crippen LogP contribution in [0.5, 0.6) is 0 Å². The summed E-state index contributed by atoms with van der Waals surface area (Å²) in [6.45, 7) is 3.56. The van der Waals surface area contributed by atoms with Gasteiger partial charge in [0.15, 0.2) is 5.11 Å². The predicted molar refractivity (Wildman–Crippen MR) is 122 cm³/mol. The van der Waals surface area contributed by atoms with Gasteiger partial charge >= 0.3 is 0 Å². The zero-order valence-electron chi connectivity index (χ0n) is 16.5. The second-order valence-electron chi connectivity index (χ2n) is 7.60. The van der Waals surface area contributed by atoms with Crippen LogP contribution in [0.3, 0.4) is 0 Å². The van der Waals surface area contributed by atoms with E-state index in [0.717, 1.165) is 5.39 Å². The van der Waals surface area contributed by atoms with Crippen molar-refractivity contribution in [3.63, 3.8) is 0 Å². The number of hydrogen-bond acceptors (Lipinski definition) is 4. The molecule has 2 aromatic carbocycles. The van der Waals surface area contributed by atoms with Crippen LogP contribution in [0.1, 0.15) is 19.4 Å². The molecule has 0 aliphatic carbocycles. The summed E-state index contributed by atoms with van der Waals surface area (Å²) in [7, 11) is 1.69. The molecule has 0 atom stereocenters. The third-order valence-corrected chi connectivity index (χ3v) is 6.00. The molecular weight excluding hydrogens is 420 g/mol. The van der Waals surface area contributed by atoms with Gasteiger partial charge in [-0.3, -0.25) is 14.5 Å². The van der Waals surface area contributed by atoms with Gasteiger partial charge in [0.1, 0.15) is 11.6 Å². The molecule has 1 amide bonds. The lowest BCUT2D eigenvalue weighted by atomic mass is 10.0. The Hall–Kier alpha value is -3.21. The number of rotatable bonds is 2. The zero-order valence-corrected chi connectivity index (χ0v) is 18.1. The molecule has 0 N–H and O–H groups in total. The van der Waals surface area contributed by atoms with Gasteiger partial charge in [0.2, 0.25) is 0 Å². The molecule has 4 rings (SSSR count). The standard InChI is InChI=1S/C22H17ClN4O2S/c1-22(2)20(29)26(15-6-5-14(12-24)18(23)11-15)21(30)27(22)16-7-4-13-8-9-25(3)19(28)17(13)10-16/h4-11H,1-3H3. The van der Waals surface area contributed by atoms with Crippen molar-refractivity contribution < 1.29 is 4.79 Å². The number of halogens is 1. The molecule has 1 saturated heterocycles. The number of amides is 1. The molecule has 0 unspecified atom stereocenters. The van der Waals surface area contributed by atoms with Crippen molar-refractivity contribution in [2.24, 2.45) is 7.05 Å². The second kappa shape index (κ2) is 6.94. The fourth-order valence-corrected chi connectivity index (χ4v) is 4.39. The van der Waals surface area contributed by atoms with Crippen LogP contribution in [-0.4, -0.2) is 21.1 Å². The molecule has 0 saturated carbocycles. The van der Waals surface area contributed by atoms with Gasteiger partial charge in [0, 0.05) is 24.3 Å². The van der Waals surface area contributed by atoms with E-state index in [1.54, 1.807) is 56.3 Å². The number of pyridine rings is 1. The van der Waals surface area contributed by atoms with Crippen LogP contribution in [0.25, 0.3) is 10.8 Å². The number of hydrogen-bond donors (Lipinski definition) is 0. The number of aromatic nitrogens is 1. The first kappa shape index (κ1) is 20.1. The highest BCUT2D eigenvalue weighted by Crippen LogP contribution is 2.38. The van der Waals surface area contributed by atoms with E-state index in [-0.39, 0.29) is 21.6 Å². The highest BCUT2D eigenvalue weighted by molar-refractivity contribution is 7.81. The number of aryl methyl sites for hydroxylation is 1. The van der Waals surface area contributed by atoms with Crippen molar-refractivity contribution in [3.8, 4) is 6.07 Å². The molecular formula is C22H17ClN4O2S. The van der Waals surface area contributed by atoms with Crippen molar-refractivity contribution >= 4 is 57.0 Å². The minimum absolute atomic E-state index is 0.126. The summed E-state index contributed by atoms with van der Waals surface area (Å²) in [5.74, 6) is -0.227. The van der Waals surface area contributed by atoms with Crippen LogP contribution in [0.15, 0.2) is 53.5 Å². The Balaban J connectivity index is 1.84. The topological polar surface area (TPSA) is 69.3 Å². The van der Waals surface area contributed by atoms with Crippen LogP contribution in [0.2, 0.25) is 5.02 Å². The summed E-state index contributed by atoms with van der Waals surface area (Å²) in [4.78, 5) is 29.0. The Morgan fingerprint density at radius 2 is 1.77 bits per heavy atom. The largest absolute Gasteiger partial charge is 0.318 e. The summed E-state index contributed by atoms with van der Waals surface area (Å²) < 4.78 is 1.51. The van der Waals surface area contributed by atoms with Crippen LogP contribution < -0.4 is 15.4 Å². The van der Waals surface area contributed by atoms with Gasteiger partial charge in [-0.1, -0.05) is 17.7 Å². The highest BCUT2D eigenvalue weighted by Gasteiger charge is 2.50. The third kappa shape index (κ3) is 2.88. The van der Waals surface area contributed by atoms with Gasteiger partial charge in [0.05, 0.1) is 16.3 Å². The van der Waals surface area contributed by atoms with Crippen molar-refractivity contribution in [2.45, 2.75) is 19.4 Å². The average Bonchev–Trinajstić information content (AvgIpc) is 2.89. The minimum Gasteiger partial charge on any atom is -0.318 e. The SMILES string of the molecule is Cn1ccc2ccc(N3C(=S)N(c4ccc(C#N)c(Cl)c4)C(=O)C3(C)C)cc2c1=O. The molecule has 8 heteroatoms. The first-order valence-corrected chi connectivity index (χ1v) is 9.93. The Morgan fingerprint density at radius 1 is 1.07 bits per heavy atom. The number of carbonyl (C=O) groups is 1. The van der Waals surface area contributed by atoms with Crippen molar-refractivity contribution in [2.75, 3.05) is 9.80 Å². The van der Waals surface area contributed by atoms with Crippen molar-refractivity contribution in [1.29, 1.82) is 5.26 Å². The van der Waals surface area contributed by atoms with Crippen LogP contribution >= 0.6 is 23.8 Å². The Morgan fingerprint density at radius 3 is 2.43 bits per heavy atom. The first-order valence-electron chi connectivity index (χ1n) is 9.14. The maximum absolute atomic E-state index is 13.3. The van der Waals surface area contributed by atoms with Crippen molar-refractivity contribution in [1.82, 2.24) is 4.57 Å². The van der Waals surface area contributed by atoms with Gasteiger partial charge < -0.3 is 9.47 Å². The zero-order chi connectivity index (χ0) is 21.8. The van der Waals surface area contributed by atoms with E-state index in [9.17, 15) is 9.59 Å². The third-order valence-electron chi connectivity index (χ3n) is 5.32. The molecule has 0 radical (unpaired) electrons. The number of nitriles is 1. The fraction of sp³-hybridized carbons (Fsp3) is 0.182. The van der Waals surface area contributed by atoms with Gasteiger partial charge in [0.25, 0.3) is 11.5 Å². The molecule has 30 heavy (non-hydrogen) atoms. The molecule has 2 heterocycles. The number of thiocarbonyl (C=S) groups is 1. The molecule has 3 aromatic rings. The van der Waals surface area contributed by atoms with Gasteiger partial charge in [-0.25, -0.2) is 0 Å². The number of benzene rings is 2. The molecule has 0 bridgehead atoms. The average molecular weight is 437 g/mol. The van der Waals surface area contributed by atoms with E-state index in [4.69, 9.17) is 29.1 Å². The van der Waals surface area contributed by atoms with Gasteiger partial charge in [-0.15, -0.1) is 0 Å². The summed E-state index contributed by atoms with van der Waals surface area (Å²) in [5.41, 5.74) is 0.349. The Labute approximate surface area is 183 Å². The summed E-state index contributed by atoms with van der Waals surface area (Å²) in [6.07, 6.45) is 1.72. The Kier molecular flexibility index (Phi) is 4.64. The molecule has 0 spiro atoms. The molecule has 1 fully saturated rings. The highest BCUT2D eigenvalue weighted by atomic mass is 35.5. The molecule has 6 nitrogen and oxygen atoms in total. The maximum Gasteiger partial charge on any atom is 0.259 e. The lowest BCUT2D eigenvalue weighted by Gasteiger charge is -2.29. The van der Waals surface area contributed by atoms with E-state index in [1.807, 2.05) is 24.3 Å². The monoisotopic (exact) mass is 436 g/mol. The van der Waals surface area contributed by atoms with E-state index in [1.165, 1.54) is 9.47 Å². The second-order valence-corrected chi connectivity index (χ2v) is 8.37. The molecule has 1 aliphatic rings. The summed E-state index contributed by atoms with van der Waals surface area (Å²) in [5, 5.41) is 11.0. The van der Waals surface area contributed by atoms with Crippen LogP contribution in [0.4, 0.5) is 11.4 Å². The number of nitrogens with zero attached hydrogens (tertiary/aromatic N) is 4. The van der Waals surface area contributed by atoms with E-state index >= 15 is 0 Å². The van der Waals surface area contributed by atoms with E-state index in [2.05, 4.69) is 0 Å².